The summed E-state index contributed by atoms with van der Waals surface area (Å²) in [6, 6.07) is 3.15. The molecule has 0 amide bonds. The first-order chi connectivity index (χ1) is 15.0. The zero-order valence-corrected chi connectivity index (χ0v) is 19.5. The number of aryl methyl sites for hydroxylation is 1. The number of aromatic nitrogens is 2. The van der Waals surface area contributed by atoms with Gasteiger partial charge in [0.2, 0.25) is 5.95 Å². The number of piperidine rings is 1. The van der Waals surface area contributed by atoms with Gasteiger partial charge in [-0.1, -0.05) is 6.92 Å². The summed E-state index contributed by atoms with van der Waals surface area (Å²) in [6.07, 6.45) is 10.6. The van der Waals surface area contributed by atoms with Gasteiger partial charge in [0, 0.05) is 59.3 Å². The monoisotopic (exact) mass is 442 g/mol. The largest absolute Gasteiger partial charge is 0.393 e. The van der Waals surface area contributed by atoms with Gasteiger partial charge in [0.15, 0.2) is 0 Å². The van der Waals surface area contributed by atoms with Gasteiger partial charge < -0.3 is 15.2 Å². The smallest absolute Gasteiger partial charge is 0.222 e. The van der Waals surface area contributed by atoms with E-state index in [0.29, 0.717) is 12.0 Å². The second-order valence-electron chi connectivity index (χ2n) is 9.49. The van der Waals surface area contributed by atoms with Crippen molar-refractivity contribution in [2.24, 2.45) is 0 Å². The third kappa shape index (κ3) is 4.38. The van der Waals surface area contributed by atoms with Crippen molar-refractivity contribution in [2.75, 3.05) is 18.5 Å². The molecule has 4 heterocycles. The Morgan fingerprint density at radius 3 is 2.87 bits per heavy atom. The first kappa shape index (κ1) is 21.3. The van der Waals surface area contributed by atoms with E-state index in [1.165, 1.54) is 10.4 Å². The highest BCUT2D eigenvalue weighted by atomic mass is 32.1. The first-order valence-corrected chi connectivity index (χ1v) is 12.6. The Labute approximate surface area is 189 Å². The molecule has 0 radical (unpaired) electrons. The number of nitrogens with zero attached hydrogens (tertiary/aromatic N) is 3. The average molecular weight is 443 g/mol. The molecule has 1 saturated carbocycles. The molecule has 5 rings (SSSR count). The van der Waals surface area contributed by atoms with Crippen molar-refractivity contribution < 1.29 is 9.84 Å². The van der Waals surface area contributed by atoms with Crippen LogP contribution in [0.3, 0.4) is 0 Å². The predicted octanol–water partition coefficient (Wildman–Crippen LogP) is 3.88. The molecule has 6 nitrogen and oxygen atoms in total. The van der Waals surface area contributed by atoms with E-state index in [0.717, 1.165) is 70.2 Å². The fourth-order valence-electron chi connectivity index (χ4n) is 5.53. The van der Waals surface area contributed by atoms with Gasteiger partial charge >= 0.3 is 0 Å². The van der Waals surface area contributed by atoms with Crippen LogP contribution < -0.4 is 5.32 Å². The molecule has 2 N–H and O–H groups in total. The van der Waals surface area contributed by atoms with Crippen molar-refractivity contribution in [2.45, 2.75) is 89.1 Å². The van der Waals surface area contributed by atoms with E-state index in [-0.39, 0.29) is 17.7 Å². The van der Waals surface area contributed by atoms with Gasteiger partial charge in [0.1, 0.15) is 0 Å². The van der Waals surface area contributed by atoms with Crippen LogP contribution in [-0.4, -0.2) is 51.3 Å². The predicted molar refractivity (Wildman–Crippen MR) is 123 cm³/mol. The van der Waals surface area contributed by atoms with Crippen LogP contribution in [0.15, 0.2) is 18.5 Å². The third-order valence-corrected chi connectivity index (χ3v) is 8.63. The van der Waals surface area contributed by atoms with E-state index >= 15 is 0 Å². The number of hydrogen-bond acceptors (Lipinski definition) is 7. The lowest BCUT2D eigenvalue weighted by Crippen LogP contribution is -2.50. The van der Waals surface area contributed by atoms with Crippen molar-refractivity contribution in [3.8, 4) is 0 Å². The molecule has 0 bridgehead atoms. The summed E-state index contributed by atoms with van der Waals surface area (Å²) in [4.78, 5) is 14.6. The van der Waals surface area contributed by atoms with Crippen LogP contribution in [0.5, 0.6) is 0 Å². The van der Waals surface area contributed by atoms with Crippen molar-refractivity contribution in [3.05, 3.63) is 39.3 Å². The van der Waals surface area contributed by atoms with E-state index in [1.807, 2.05) is 23.7 Å². The zero-order chi connectivity index (χ0) is 21.4. The SMILES string of the molecule is CCc1cc2c(s1)CCO[C@@]21CCN(Cc2cnc(N[C@H]3CC[C@H](O)C3)nc2)[C@@H](C)C1. The van der Waals surface area contributed by atoms with Crippen LogP contribution in [0, 0.1) is 0 Å². The highest BCUT2D eigenvalue weighted by molar-refractivity contribution is 7.12. The Balaban J connectivity index is 1.21. The number of fused-ring (bicyclic) bond motifs is 2. The standard InChI is InChI=1S/C24H34N4O2S/c1-3-20-11-21-22(31-20)6-9-30-24(21)7-8-28(16(2)12-24)15-17-13-25-23(26-14-17)27-18-4-5-19(29)10-18/h11,13-14,16,18-19,29H,3-10,12,15H2,1-2H3,(H,25,26,27)/t16-,18-,19-,24+/m0/s1. The summed E-state index contributed by atoms with van der Waals surface area (Å²) in [5.74, 6) is 0.667. The number of nitrogens with one attached hydrogen (secondary N) is 1. The van der Waals surface area contributed by atoms with Gasteiger partial charge in [0.25, 0.3) is 0 Å². The first-order valence-electron chi connectivity index (χ1n) is 11.8. The number of likely N-dealkylation sites (tertiary alicyclic amines) is 1. The van der Waals surface area contributed by atoms with Crippen molar-refractivity contribution in [3.63, 3.8) is 0 Å². The van der Waals surface area contributed by atoms with Crippen LogP contribution in [0.25, 0.3) is 0 Å². The van der Waals surface area contributed by atoms with Crippen LogP contribution in [0.2, 0.25) is 0 Å². The lowest BCUT2D eigenvalue weighted by Gasteiger charge is -2.47. The number of aliphatic hydroxyl groups excluding tert-OH is 1. The lowest BCUT2D eigenvalue weighted by atomic mass is 9.79. The summed E-state index contributed by atoms with van der Waals surface area (Å²) < 4.78 is 6.48. The number of rotatable bonds is 5. The molecule has 4 atom stereocenters. The summed E-state index contributed by atoms with van der Waals surface area (Å²) in [7, 11) is 0. The normalized spacial score (nSPS) is 31.1. The minimum Gasteiger partial charge on any atom is -0.393 e. The van der Waals surface area contributed by atoms with Gasteiger partial charge in [-0.15, -0.1) is 11.3 Å². The minimum atomic E-state index is -0.187. The molecule has 2 fully saturated rings. The summed E-state index contributed by atoms with van der Waals surface area (Å²) in [5.41, 5.74) is 2.53. The number of hydrogen-bond donors (Lipinski definition) is 2. The molecule has 7 heteroatoms. The second kappa shape index (κ2) is 8.77. The number of thiophene rings is 1. The molecule has 31 heavy (non-hydrogen) atoms. The maximum absolute atomic E-state index is 9.69. The Bertz CT molecular complexity index is 901. The lowest BCUT2D eigenvalue weighted by molar-refractivity contribution is -0.112. The molecule has 1 aliphatic carbocycles. The maximum Gasteiger partial charge on any atom is 0.222 e. The fraction of sp³-hybridized carbons (Fsp3) is 0.667. The van der Waals surface area contributed by atoms with Crippen molar-refractivity contribution in [1.82, 2.24) is 14.9 Å². The minimum absolute atomic E-state index is 0.0937. The Morgan fingerprint density at radius 2 is 2.16 bits per heavy atom. The molecule has 1 spiro atoms. The van der Waals surface area contributed by atoms with Crippen molar-refractivity contribution >= 4 is 17.3 Å². The summed E-state index contributed by atoms with van der Waals surface area (Å²) in [5, 5.41) is 13.0. The van der Waals surface area contributed by atoms with Gasteiger partial charge in [-0.25, -0.2) is 9.97 Å². The van der Waals surface area contributed by atoms with Gasteiger partial charge in [-0.3, -0.25) is 4.90 Å². The molecule has 2 aromatic rings. The second-order valence-corrected chi connectivity index (χ2v) is 10.7. The summed E-state index contributed by atoms with van der Waals surface area (Å²) >= 11 is 1.99. The molecule has 2 aromatic heterocycles. The Hall–Kier alpha value is -1.54. The fourth-order valence-corrected chi connectivity index (χ4v) is 6.70. The van der Waals surface area contributed by atoms with Crippen molar-refractivity contribution in [1.29, 1.82) is 0 Å². The van der Waals surface area contributed by atoms with Crippen LogP contribution >= 0.6 is 11.3 Å². The zero-order valence-electron chi connectivity index (χ0n) is 18.6. The van der Waals surface area contributed by atoms with Gasteiger partial charge in [0.05, 0.1) is 18.3 Å². The maximum atomic E-state index is 9.69. The molecule has 3 aliphatic rings. The molecular formula is C24H34N4O2S. The Kier molecular flexibility index (Phi) is 6.03. The molecule has 1 saturated heterocycles. The van der Waals surface area contributed by atoms with E-state index in [9.17, 15) is 5.11 Å². The molecular weight excluding hydrogens is 408 g/mol. The molecule has 168 valence electrons. The van der Waals surface area contributed by atoms with Gasteiger partial charge in [-0.05, 0) is 57.1 Å². The van der Waals surface area contributed by atoms with E-state index in [1.54, 1.807) is 4.88 Å². The molecule has 0 aromatic carbocycles. The number of aliphatic hydroxyl groups is 1. The topological polar surface area (TPSA) is 70.5 Å². The highest BCUT2D eigenvalue weighted by Crippen LogP contribution is 2.46. The quantitative estimate of drug-likeness (QED) is 0.732. The van der Waals surface area contributed by atoms with Crippen LogP contribution in [-0.2, 0) is 29.7 Å². The number of ether oxygens (including phenoxy) is 1. The number of anilines is 1. The third-order valence-electron chi connectivity index (χ3n) is 7.29. The van der Waals surface area contributed by atoms with Crippen LogP contribution in [0.4, 0.5) is 5.95 Å². The van der Waals surface area contributed by atoms with E-state index in [4.69, 9.17) is 4.74 Å². The van der Waals surface area contributed by atoms with E-state index in [2.05, 4.69) is 40.1 Å². The molecule has 0 unspecified atom stereocenters. The van der Waals surface area contributed by atoms with Gasteiger partial charge in [-0.2, -0.15) is 0 Å². The van der Waals surface area contributed by atoms with Crippen LogP contribution in [0.1, 0.15) is 66.8 Å². The highest BCUT2D eigenvalue weighted by Gasteiger charge is 2.44. The van der Waals surface area contributed by atoms with E-state index < -0.39 is 0 Å². The Morgan fingerprint density at radius 1 is 1.32 bits per heavy atom. The summed E-state index contributed by atoms with van der Waals surface area (Å²) in [6.45, 7) is 7.32. The average Bonchev–Trinajstić information content (AvgIpc) is 3.38. The molecule has 2 aliphatic heterocycles.